The standard InChI is InChI=1S/C18H23F2N3O2/c1-11(17(24)22-16-5-4-13(19)10-15(16)20)23-8-6-14(7-9-23)21-18(25)12-2-3-12/h4-5,10-12,14H,2-3,6-9H2,1H3,(H,21,25)(H,22,24). The van der Waals surface area contributed by atoms with Gasteiger partial charge in [-0.1, -0.05) is 0 Å². The number of carbonyl (C=O) groups excluding carboxylic acids is 2. The Kier molecular flexibility index (Phi) is 5.32. The lowest BCUT2D eigenvalue weighted by molar-refractivity contribution is -0.124. The van der Waals surface area contributed by atoms with Gasteiger partial charge in [-0.15, -0.1) is 0 Å². The first-order valence-electron chi connectivity index (χ1n) is 8.74. The van der Waals surface area contributed by atoms with Gasteiger partial charge in [0.2, 0.25) is 11.8 Å². The molecule has 2 fully saturated rings. The number of nitrogens with zero attached hydrogens (tertiary/aromatic N) is 1. The highest BCUT2D eigenvalue weighted by Gasteiger charge is 2.33. The molecule has 0 radical (unpaired) electrons. The summed E-state index contributed by atoms with van der Waals surface area (Å²) in [5.74, 6) is -1.45. The number of hydrogen-bond donors (Lipinski definition) is 2. The molecule has 3 rings (SSSR count). The van der Waals surface area contributed by atoms with Crippen LogP contribution in [-0.2, 0) is 9.59 Å². The molecule has 25 heavy (non-hydrogen) atoms. The van der Waals surface area contributed by atoms with Crippen molar-refractivity contribution < 1.29 is 18.4 Å². The van der Waals surface area contributed by atoms with Crippen LogP contribution in [0.25, 0.3) is 0 Å². The average molecular weight is 351 g/mol. The van der Waals surface area contributed by atoms with E-state index >= 15 is 0 Å². The summed E-state index contributed by atoms with van der Waals surface area (Å²) < 4.78 is 26.6. The number of carbonyl (C=O) groups is 2. The maximum atomic E-state index is 13.7. The topological polar surface area (TPSA) is 61.4 Å². The Morgan fingerprint density at radius 1 is 1.16 bits per heavy atom. The molecular formula is C18H23F2N3O2. The number of nitrogens with one attached hydrogen (secondary N) is 2. The van der Waals surface area contributed by atoms with Crippen molar-refractivity contribution in [3.63, 3.8) is 0 Å². The maximum Gasteiger partial charge on any atom is 0.241 e. The van der Waals surface area contributed by atoms with Crippen LogP contribution in [0, 0.1) is 17.6 Å². The quantitative estimate of drug-likeness (QED) is 0.856. The van der Waals surface area contributed by atoms with Crippen LogP contribution in [-0.4, -0.2) is 41.9 Å². The lowest BCUT2D eigenvalue weighted by Crippen LogP contribution is -2.50. The van der Waals surface area contributed by atoms with E-state index in [4.69, 9.17) is 0 Å². The second-order valence-corrected chi connectivity index (χ2v) is 6.88. The molecule has 2 aliphatic rings. The normalized spacial score (nSPS) is 20.1. The van der Waals surface area contributed by atoms with Gasteiger partial charge in [0.05, 0.1) is 11.7 Å². The first kappa shape index (κ1) is 17.8. The van der Waals surface area contributed by atoms with Crippen molar-refractivity contribution in [1.82, 2.24) is 10.2 Å². The molecule has 2 N–H and O–H groups in total. The van der Waals surface area contributed by atoms with Gasteiger partial charge in [0, 0.05) is 31.1 Å². The molecule has 1 aromatic carbocycles. The highest BCUT2D eigenvalue weighted by atomic mass is 19.1. The molecule has 1 aromatic rings. The van der Waals surface area contributed by atoms with Gasteiger partial charge in [-0.25, -0.2) is 8.78 Å². The minimum absolute atomic E-state index is 0.0233. The Morgan fingerprint density at radius 3 is 2.44 bits per heavy atom. The molecule has 0 bridgehead atoms. The van der Waals surface area contributed by atoms with Gasteiger partial charge < -0.3 is 10.6 Å². The zero-order valence-electron chi connectivity index (χ0n) is 14.2. The van der Waals surface area contributed by atoms with Crippen molar-refractivity contribution in [2.24, 2.45) is 5.92 Å². The summed E-state index contributed by atoms with van der Waals surface area (Å²) >= 11 is 0. The molecule has 1 heterocycles. The molecule has 136 valence electrons. The molecule has 1 atom stereocenters. The Hall–Kier alpha value is -2.02. The number of anilines is 1. The number of benzene rings is 1. The lowest BCUT2D eigenvalue weighted by atomic mass is 10.0. The third-order valence-corrected chi connectivity index (χ3v) is 4.94. The van der Waals surface area contributed by atoms with Gasteiger partial charge in [-0.2, -0.15) is 0 Å². The highest BCUT2D eigenvalue weighted by molar-refractivity contribution is 5.94. The van der Waals surface area contributed by atoms with E-state index < -0.39 is 17.7 Å². The van der Waals surface area contributed by atoms with Crippen LogP contribution in [0.3, 0.4) is 0 Å². The van der Waals surface area contributed by atoms with Crippen LogP contribution in [0.1, 0.15) is 32.6 Å². The van der Waals surface area contributed by atoms with Crippen molar-refractivity contribution in [1.29, 1.82) is 0 Å². The van der Waals surface area contributed by atoms with Gasteiger partial charge in [-0.3, -0.25) is 14.5 Å². The SMILES string of the molecule is CC(C(=O)Nc1ccc(F)cc1F)N1CCC(NC(=O)C2CC2)CC1. The zero-order chi connectivity index (χ0) is 18.0. The molecule has 2 amide bonds. The summed E-state index contributed by atoms with van der Waals surface area (Å²) in [5, 5.41) is 5.58. The fraction of sp³-hybridized carbons (Fsp3) is 0.556. The van der Waals surface area contributed by atoms with Crippen LogP contribution in [0.15, 0.2) is 18.2 Å². The minimum atomic E-state index is -0.790. The van der Waals surface area contributed by atoms with Gasteiger partial charge in [0.15, 0.2) is 0 Å². The smallest absolute Gasteiger partial charge is 0.241 e. The molecule has 1 saturated carbocycles. The molecule has 0 spiro atoms. The fourth-order valence-electron chi connectivity index (χ4n) is 3.09. The van der Waals surface area contributed by atoms with Crippen molar-refractivity contribution in [2.45, 2.75) is 44.7 Å². The predicted octanol–water partition coefficient (Wildman–Crippen LogP) is 2.28. The number of hydrogen-bond acceptors (Lipinski definition) is 3. The van der Waals surface area contributed by atoms with E-state index in [-0.39, 0.29) is 29.5 Å². The van der Waals surface area contributed by atoms with E-state index in [9.17, 15) is 18.4 Å². The lowest BCUT2D eigenvalue weighted by Gasteiger charge is -2.35. The number of likely N-dealkylation sites (tertiary alicyclic amines) is 1. The first-order chi connectivity index (χ1) is 11.9. The van der Waals surface area contributed by atoms with Crippen molar-refractivity contribution in [2.75, 3.05) is 18.4 Å². The number of rotatable bonds is 5. The maximum absolute atomic E-state index is 13.7. The van der Waals surface area contributed by atoms with Crippen LogP contribution in [0.5, 0.6) is 0 Å². The number of halogens is 2. The molecule has 1 unspecified atom stereocenters. The third-order valence-electron chi connectivity index (χ3n) is 4.94. The van der Waals surface area contributed by atoms with Crippen molar-refractivity contribution >= 4 is 17.5 Å². The van der Waals surface area contributed by atoms with E-state index in [2.05, 4.69) is 10.6 Å². The molecule has 1 saturated heterocycles. The van der Waals surface area contributed by atoms with Gasteiger partial charge in [0.25, 0.3) is 0 Å². The Bertz CT molecular complexity index is 656. The molecule has 7 heteroatoms. The van der Waals surface area contributed by atoms with Crippen molar-refractivity contribution in [3.8, 4) is 0 Å². The molecule has 1 aliphatic heterocycles. The van der Waals surface area contributed by atoms with E-state index in [1.165, 1.54) is 6.07 Å². The summed E-state index contributed by atoms with van der Waals surface area (Å²) in [6.45, 7) is 3.14. The summed E-state index contributed by atoms with van der Waals surface area (Å²) in [6, 6.07) is 2.80. The van der Waals surface area contributed by atoms with Crippen LogP contribution >= 0.6 is 0 Å². The van der Waals surface area contributed by atoms with Crippen LogP contribution in [0.4, 0.5) is 14.5 Å². The van der Waals surface area contributed by atoms with Crippen LogP contribution < -0.4 is 10.6 Å². The molecular weight excluding hydrogens is 328 g/mol. The summed E-state index contributed by atoms with van der Waals surface area (Å²) in [5.41, 5.74) is -0.0233. The van der Waals surface area contributed by atoms with E-state index in [0.29, 0.717) is 13.1 Å². The minimum Gasteiger partial charge on any atom is -0.353 e. The second-order valence-electron chi connectivity index (χ2n) is 6.88. The van der Waals surface area contributed by atoms with Crippen molar-refractivity contribution in [3.05, 3.63) is 29.8 Å². The third kappa shape index (κ3) is 4.54. The van der Waals surface area contributed by atoms with E-state index in [0.717, 1.165) is 37.8 Å². The monoisotopic (exact) mass is 351 g/mol. The van der Waals surface area contributed by atoms with E-state index in [1.807, 2.05) is 4.90 Å². The summed E-state index contributed by atoms with van der Waals surface area (Å²) in [4.78, 5) is 26.1. The van der Waals surface area contributed by atoms with Gasteiger partial charge >= 0.3 is 0 Å². The van der Waals surface area contributed by atoms with Crippen LogP contribution in [0.2, 0.25) is 0 Å². The predicted molar refractivity (Wildman–Crippen MR) is 89.9 cm³/mol. The number of piperidine rings is 1. The summed E-state index contributed by atoms with van der Waals surface area (Å²) in [7, 11) is 0. The second kappa shape index (κ2) is 7.47. The Balaban J connectivity index is 1.48. The van der Waals surface area contributed by atoms with E-state index in [1.54, 1.807) is 6.92 Å². The molecule has 5 nitrogen and oxygen atoms in total. The average Bonchev–Trinajstić information content (AvgIpc) is 3.42. The molecule has 1 aliphatic carbocycles. The zero-order valence-corrected chi connectivity index (χ0v) is 14.2. The first-order valence-corrected chi connectivity index (χ1v) is 8.74. The largest absolute Gasteiger partial charge is 0.353 e. The van der Waals surface area contributed by atoms with Gasteiger partial charge in [0.1, 0.15) is 11.6 Å². The number of amides is 2. The Morgan fingerprint density at radius 2 is 1.84 bits per heavy atom. The highest BCUT2D eigenvalue weighted by Crippen LogP contribution is 2.29. The van der Waals surface area contributed by atoms with Gasteiger partial charge in [-0.05, 0) is 44.7 Å². The fourth-order valence-corrected chi connectivity index (χ4v) is 3.09. The molecule has 0 aromatic heterocycles. The Labute approximate surface area is 145 Å². The summed E-state index contributed by atoms with van der Waals surface area (Å²) in [6.07, 6.45) is 3.56.